The number of nitrogens with one attached hydrogen (secondary N) is 2. The number of hydrogen-bond acceptors (Lipinski definition) is 4. The van der Waals surface area contributed by atoms with Crippen LogP contribution in [0, 0.1) is 0 Å². The Bertz CT molecular complexity index is 655. The van der Waals surface area contributed by atoms with Gasteiger partial charge in [0.2, 0.25) is 5.95 Å². The van der Waals surface area contributed by atoms with Gasteiger partial charge in [-0.25, -0.2) is 9.97 Å². The second kappa shape index (κ2) is 6.75. The first-order valence-corrected chi connectivity index (χ1v) is 7.70. The SMILES string of the molecule is O=C(NC1CC1)c1cnc(NCCc2cccc(Cl)c2)nc1. The average molecular weight is 317 g/mol. The molecule has 1 saturated carbocycles. The van der Waals surface area contributed by atoms with Crippen molar-refractivity contribution in [3.63, 3.8) is 0 Å². The maximum absolute atomic E-state index is 11.8. The molecule has 0 spiro atoms. The third-order valence-electron chi connectivity index (χ3n) is 3.41. The predicted octanol–water partition coefficient (Wildman–Crippen LogP) is 2.68. The summed E-state index contributed by atoms with van der Waals surface area (Å²) in [6.07, 6.45) is 6.05. The molecule has 0 radical (unpaired) electrons. The first-order valence-electron chi connectivity index (χ1n) is 7.32. The summed E-state index contributed by atoms with van der Waals surface area (Å²) in [6.45, 7) is 0.702. The Hall–Kier alpha value is -2.14. The molecule has 1 aromatic carbocycles. The van der Waals surface area contributed by atoms with Crippen molar-refractivity contribution in [2.45, 2.75) is 25.3 Å². The van der Waals surface area contributed by atoms with Crippen molar-refractivity contribution in [1.82, 2.24) is 15.3 Å². The number of carbonyl (C=O) groups excluding carboxylic acids is 1. The summed E-state index contributed by atoms with van der Waals surface area (Å²) in [4.78, 5) is 20.1. The fourth-order valence-electron chi connectivity index (χ4n) is 2.04. The van der Waals surface area contributed by atoms with Crippen molar-refractivity contribution in [2.24, 2.45) is 0 Å². The third kappa shape index (κ3) is 4.18. The van der Waals surface area contributed by atoms with Crippen molar-refractivity contribution in [3.05, 3.63) is 52.8 Å². The van der Waals surface area contributed by atoms with Crippen LogP contribution in [0.3, 0.4) is 0 Å². The molecule has 22 heavy (non-hydrogen) atoms. The Kier molecular flexibility index (Phi) is 4.53. The topological polar surface area (TPSA) is 66.9 Å². The number of nitrogens with zero attached hydrogens (tertiary/aromatic N) is 2. The van der Waals surface area contributed by atoms with Crippen LogP contribution in [0.4, 0.5) is 5.95 Å². The van der Waals surface area contributed by atoms with Gasteiger partial charge in [0.1, 0.15) is 0 Å². The molecule has 0 bridgehead atoms. The van der Waals surface area contributed by atoms with Gasteiger partial charge in [-0.1, -0.05) is 23.7 Å². The molecule has 0 saturated heterocycles. The number of aromatic nitrogens is 2. The molecule has 1 heterocycles. The molecule has 2 N–H and O–H groups in total. The van der Waals surface area contributed by atoms with Crippen LogP contribution in [0.2, 0.25) is 5.02 Å². The summed E-state index contributed by atoms with van der Waals surface area (Å²) in [5, 5.41) is 6.78. The van der Waals surface area contributed by atoms with Crippen LogP contribution in [0.25, 0.3) is 0 Å². The zero-order chi connectivity index (χ0) is 15.4. The van der Waals surface area contributed by atoms with Crippen LogP contribution < -0.4 is 10.6 Å². The van der Waals surface area contributed by atoms with Gasteiger partial charge in [0.15, 0.2) is 0 Å². The number of halogens is 1. The van der Waals surface area contributed by atoms with E-state index in [2.05, 4.69) is 20.6 Å². The van der Waals surface area contributed by atoms with Gasteiger partial charge in [-0.15, -0.1) is 0 Å². The van der Waals surface area contributed by atoms with E-state index in [1.54, 1.807) is 12.4 Å². The molecule has 0 aliphatic heterocycles. The smallest absolute Gasteiger partial charge is 0.254 e. The monoisotopic (exact) mass is 316 g/mol. The van der Waals surface area contributed by atoms with Crippen LogP contribution in [0.1, 0.15) is 28.8 Å². The fourth-order valence-corrected chi connectivity index (χ4v) is 2.26. The lowest BCUT2D eigenvalue weighted by Gasteiger charge is -2.06. The summed E-state index contributed by atoms with van der Waals surface area (Å²) < 4.78 is 0. The first-order chi connectivity index (χ1) is 10.7. The number of anilines is 1. The number of benzene rings is 1. The molecule has 3 rings (SSSR count). The largest absolute Gasteiger partial charge is 0.354 e. The van der Waals surface area contributed by atoms with E-state index in [9.17, 15) is 4.79 Å². The molecule has 1 aromatic heterocycles. The van der Waals surface area contributed by atoms with E-state index >= 15 is 0 Å². The molecule has 1 fully saturated rings. The highest BCUT2D eigenvalue weighted by atomic mass is 35.5. The molecule has 5 nitrogen and oxygen atoms in total. The Balaban J connectivity index is 1.49. The molecule has 1 aliphatic rings. The quantitative estimate of drug-likeness (QED) is 0.860. The van der Waals surface area contributed by atoms with Gasteiger partial charge in [0, 0.05) is 30.0 Å². The lowest BCUT2D eigenvalue weighted by molar-refractivity contribution is 0.0950. The highest BCUT2D eigenvalue weighted by molar-refractivity contribution is 6.30. The lowest BCUT2D eigenvalue weighted by atomic mass is 10.1. The minimum atomic E-state index is -0.104. The summed E-state index contributed by atoms with van der Waals surface area (Å²) in [6, 6.07) is 8.09. The van der Waals surface area contributed by atoms with E-state index in [1.165, 1.54) is 0 Å². The van der Waals surface area contributed by atoms with E-state index in [0.29, 0.717) is 24.1 Å². The van der Waals surface area contributed by atoms with Gasteiger partial charge in [0.25, 0.3) is 5.91 Å². The van der Waals surface area contributed by atoms with Gasteiger partial charge < -0.3 is 10.6 Å². The minimum Gasteiger partial charge on any atom is -0.354 e. The molecule has 1 amide bonds. The summed E-state index contributed by atoms with van der Waals surface area (Å²) in [5.41, 5.74) is 1.65. The molecule has 0 atom stereocenters. The fraction of sp³-hybridized carbons (Fsp3) is 0.312. The van der Waals surface area contributed by atoms with Crippen molar-refractivity contribution in [3.8, 4) is 0 Å². The van der Waals surface area contributed by atoms with E-state index < -0.39 is 0 Å². The van der Waals surface area contributed by atoms with E-state index in [4.69, 9.17) is 11.6 Å². The second-order valence-corrected chi connectivity index (χ2v) is 5.79. The number of amides is 1. The average Bonchev–Trinajstić information content (AvgIpc) is 3.32. The highest BCUT2D eigenvalue weighted by Gasteiger charge is 2.23. The third-order valence-corrected chi connectivity index (χ3v) is 3.65. The van der Waals surface area contributed by atoms with Crippen LogP contribution in [0.5, 0.6) is 0 Å². The Morgan fingerprint density at radius 2 is 2.05 bits per heavy atom. The van der Waals surface area contributed by atoms with E-state index in [1.807, 2.05) is 24.3 Å². The van der Waals surface area contributed by atoms with Gasteiger partial charge >= 0.3 is 0 Å². The Morgan fingerprint density at radius 1 is 1.27 bits per heavy atom. The van der Waals surface area contributed by atoms with Crippen molar-refractivity contribution >= 4 is 23.5 Å². The molecular formula is C16H17ClN4O. The molecular weight excluding hydrogens is 300 g/mol. The molecule has 114 valence electrons. The molecule has 2 aromatic rings. The summed E-state index contributed by atoms with van der Waals surface area (Å²) >= 11 is 5.95. The second-order valence-electron chi connectivity index (χ2n) is 5.35. The molecule has 0 unspecified atom stereocenters. The normalized spacial score (nSPS) is 13.7. The summed E-state index contributed by atoms with van der Waals surface area (Å²) in [5.74, 6) is 0.415. The summed E-state index contributed by atoms with van der Waals surface area (Å²) in [7, 11) is 0. The van der Waals surface area contributed by atoms with Crippen molar-refractivity contribution in [1.29, 1.82) is 0 Å². The van der Waals surface area contributed by atoms with Crippen LogP contribution >= 0.6 is 11.6 Å². The maximum Gasteiger partial charge on any atom is 0.254 e. The lowest BCUT2D eigenvalue weighted by Crippen LogP contribution is -2.25. The van der Waals surface area contributed by atoms with Crippen LogP contribution in [-0.2, 0) is 6.42 Å². The van der Waals surface area contributed by atoms with E-state index in [-0.39, 0.29) is 5.91 Å². The first kappa shape index (κ1) is 14.8. The zero-order valence-electron chi connectivity index (χ0n) is 12.1. The van der Waals surface area contributed by atoms with Gasteiger partial charge in [-0.05, 0) is 37.0 Å². The number of carbonyl (C=O) groups is 1. The predicted molar refractivity (Wildman–Crippen MR) is 86.2 cm³/mol. The number of rotatable bonds is 6. The standard InChI is InChI=1S/C16H17ClN4O/c17-13-3-1-2-11(8-13)6-7-18-16-19-9-12(10-20-16)15(22)21-14-4-5-14/h1-3,8-10,14H,4-7H2,(H,21,22)(H,18,19,20). The van der Waals surface area contributed by atoms with Crippen LogP contribution in [0.15, 0.2) is 36.7 Å². The van der Waals surface area contributed by atoms with Gasteiger partial charge in [-0.2, -0.15) is 0 Å². The van der Waals surface area contributed by atoms with E-state index in [0.717, 1.165) is 29.8 Å². The van der Waals surface area contributed by atoms with Gasteiger partial charge in [-0.3, -0.25) is 4.79 Å². The molecule has 1 aliphatic carbocycles. The maximum atomic E-state index is 11.8. The van der Waals surface area contributed by atoms with Crippen molar-refractivity contribution < 1.29 is 4.79 Å². The number of hydrogen-bond donors (Lipinski definition) is 2. The van der Waals surface area contributed by atoms with Crippen molar-refractivity contribution in [2.75, 3.05) is 11.9 Å². The molecule has 6 heteroatoms. The zero-order valence-corrected chi connectivity index (χ0v) is 12.8. The van der Waals surface area contributed by atoms with Gasteiger partial charge in [0.05, 0.1) is 5.56 Å². The highest BCUT2D eigenvalue weighted by Crippen LogP contribution is 2.19. The minimum absolute atomic E-state index is 0.104. The Labute approximate surface area is 134 Å². The van der Waals surface area contributed by atoms with Crippen LogP contribution in [-0.4, -0.2) is 28.5 Å². The Morgan fingerprint density at radius 3 is 2.73 bits per heavy atom.